The van der Waals surface area contributed by atoms with E-state index in [0.717, 1.165) is 38.6 Å². The van der Waals surface area contributed by atoms with Crippen LogP contribution in [-0.4, -0.2) is 41.3 Å². The van der Waals surface area contributed by atoms with E-state index in [-0.39, 0.29) is 23.7 Å². The van der Waals surface area contributed by atoms with Gasteiger partial charge in [0.05, 0.1) is 10.9 Å². The molecule has 3 N–H and O–H groups in total. The van der Waals surface area contributed by atoms with Crippen molar-refractivity contribution in [2.75, 3.05) is 25.0 Å². The van der Waals surface area contributed by atoms with Crippen LogP contribution in [0.25, 0.3) is 0 Å². The van der Waals surface area contributed by atoms with Crippen molar-refractivity contribution >= 4 is 29.2 Å². The van der Waals surface area contributed by atoms with Gasteiger partial charge >= 0.3 is 0 Å². The number of nitrogens with one attached hydrogen (secondary N) is 1. The molecule has 3 atom stereocenters. The maximum Gasteiger partial charge on any atom is 0.230 e. The zero-order valence-electron chi connectivity index (χ0n) is 14.3. The Morgan fingerprint density at radius 2 is 2.12 bits per heavy atom. The maximum absolute atomic E-state index is 12.8. The smallest absolute Gasteiger partial charge is 0.230 e. The van der Waals surface area contributed by atoms with E-state index < -0.39 is 0 Å². The molecule has 0 radical (unpaired) electrons. The van der Waals surface area contributed by atoms with E-state index >= 15 is 0 Å². The van der Waals surface area contributed by atoms with Crippen LogP contribution in [0.3, 0.4) is 0 Å². The lowest BCUT2D eigenvalue weighted by atomic mass is 9.91. The summed E-state index contributed by atoms with van der Waals surface area (Å²) in [5.74, 6) is 0.693. The van der Waals surface area contributed by atoms with Gasteiger partial charge in [-0.05, 0) is 50.3 Å². The third-order valence-electron chi connectivity index (χ3n) is 5.36. The fourth-order valence-corrected chi connectivity index (χ4v) is 4.06. The zero-order valence-corrected chi connectivity index (χ0v) is 15.0. The first-order chi connectivity index (χ1) is 12.1. The third-order valence-corrected chi connectivity index (χ3v) is 5.59. The van der Waals surface area contributed by atoms with Gasteiger partial charge < -0.3 is 16.0 Å². The first-order valence-corrected chi connectivity index (χ1v) is 9.37. The number of amides is 2. The minimum Gasteiger partial charge on any atom is -0.342 e. The van der Waals surface area contributed by atoms with E-state index in [9.17, 15) is 9.59 Å². The molecule has 6 nitrogen and oxygen atoms in total. The van der Waals surface area contributed by atoms with Crippen LogP contribution in [0.15, 0.2) is 18.3 Å². The lowest BCUT2D eigenvalue weighted by Gasteiger charge is -2.34. The van der Waals surface area contributed by atoms with Crippen LogP contribution in [0.5, 0.6) is 0 Å². The van der Waals surface area contributed by atoms with Crippen LogP contribution in [0.2, 0.25) is 5.02 Å². The summed E-state index contributed by atoms with van der Waals surface area (Å²) < 4.78 is 0. The molecule has 25 heavy (non-hydrogen) atoms. The Morgan fingerprint density at radius 1 is 1.28 bits per heavy atom. The number of hydrogen-bond acceptors (Lipinski definition) is 4. The van der Waals surface area contributed by atoms with Crippen molar-refractivity contribution in [2.24, 2.45) is 23.5 Å². The van der Waals surface area contributed by atoms with Gasteiger partial charge in [0.15, 0.2) is 0 Å². The van der Waals surface area contributed by atoms with Gasteiger partial charge in [0.2, 0.25) is 11.8 Å². The van der Waals surface area contributed by atoms with Gasteiger partial charge in [0.1, 0.15) is 5.82 Å². The van der Waals surface area contributed by atoms with E-state index in [0.29, 0.717) is 29.8 Å². The number of hydrogen-bond donors (Lipinski definition) is 2. The summed E-state index contributed by atoms with van der Waals surface area (Å²) in [6, 6.07) is 3.37. The Labute approximate surface area is 153 Å². The highest BCUT2D eigenvalue weighted by atomic mass is 35.5. The predicted octanol–water partition coefficient (Wildman–Crippen LogP) is 2.29. The standard InChI is InChI=1S/C18H25ClN4O2/c19-14-6-7-16(21-10-14)22-17(24)13-4-2-8-23(11-13)18(25)15-5-1-3-12(15)9-20/h6-7,10,12-13,15H,1-5,8-9,11,20H2,(H,21,22,24)/t12-,13?,15-/m1/s1. The van der Waals surface area contributed by atoms with E-state index in [1.807, 2.05) is 4.90 Å². The molecule has 2 fully saturated rings. The van der Waals surface area contributed by atoms with E-state index in [1.54, 1.807) is 12.1 Å². The van der Waals surface area contributed by atoms with Gasteiger partial charge in [0, 0.05) is 25.2 Å². The largest absolute Gasteiger partial charge is 0.342 e. The fourth-order valence-electron chi connectivity index (χ4n) is 3.95. The summed E-state index contributed by atoms with van der Waals surface area (Å²) in [7, 11) is 0. The number of nitrogens with zero attached hydrogens (tertiary/aromatic N) is 2. The number of nitrogens with two attached hydrogens (primary N) is 1. The average Bonchev–Trinajstić information content (AvgIpc) is 3.12. The van der Waals surface area contributed by atoms with Gasteiger partial charge in [-0.1, -0.05) is 18.0 Å². The second-order valence-corrected chi connectivity index (χ2v) is 7.44. The van der Waals surface area contributed by atoms with Crippen LogP contribution in [0.4, 0.5) is 5.82 Å². The molecular weight excluding hydrogens is 340 g/mol. The number of carbonyl (C=O) groups excluding carboxylic acids is 2. The topological polar surface area (TPSA) is 88.3 Å². The van der Waals surface area contributed by atoms with Crippen molar-refractivity contribution in [1.82, 2.24) is 9.88 Å². The monoisotopic (exact) mass is 364 g/mol. The van der Waals surface area contributed by atoms with E-state index in [2.05, 4.69) is 10.3 Å². The van der Waals surface area contributed by atoms with E-state index in [1.165, 1.54) is 6.20 Å². The second-order valence-electron chi connectivity index (χ2n) is 7.01. The summed E-state index contributed by atoms with van der Waals surface area (Å²) >= 11 is 5.81. The average molecular weight is 365 g/mol. The van der Waals surface area contributed by atoms with Crippen molar-refractivity contribution in [3.63, 3.8) is 0 Å². The Balaban J connectivity index is 1.59. The molecule has 1 aromatic rings. The molecule has 1 aromatic heterocycles. The molecule has 0 bridgehead atoms. The quantitative estimate of drug-likeness (QED) is 0.857. The highest BCUT2D eigenvalue weighted by molar-refractivity contribution is 6.30. The highest BCUT2D eigenvalue weighted by Gasteiger charge is 2.37. The highest BCUT2D eigenvalue weighted by Crippen LogP contribution is 2.33. The Hall–Kier alpha value is -1.66. The van der Waals surface area contributed by atoms with Crippen molar-refractivity contribution in [3.8, 4) is 0 Å². The maximum atomic E-state index is 12.8. The molecule has 2 heterocycles. The molecule has 3 rings (SSSR count). The minimum atomic E-state index is -0.201. The van der Waals surface area contributed by atoms with E-state index in [4.69, 9.17) is 17.3 Å². The summed E-state index contributed by atoms with van der Waals surface area (Å²) in [4.78, 5) is 31.3. The molecule has 2 amide bonds. The lowest BCUT2D eigenvalue weighted by Crippen LogP contribution is -2.47. The normalized spacial score (nSPS) is 26.5. The Bertz CT molecular complexity index is 622. The van der Waals surface area contributed by atoms with Crippen LogP contribution in [0.1, 0.15) is 32.1 Å². The summed E-state index contributed by atoms with van der Waals surface area (Å²) in [5, 5.41) is 3.35. The predicted molar refractivity (Wildman–Crippen MR) is 97.1 cm³/mol. The first-order valence-electron chi connectivity index (χ1n) is 8.99. The van der Waals surface area contributed by atoms with Gasteiger partial charge in [-0.3, -0.25) is 9.59 Å². The molecule has 0 spiro atoms. The molecule has 1 saturated heterocycles. The lowest BCUT2D eigenvalue weighted by molar-refractivity contribution is -0.139. The number of carbonyl (C=O) groups is 2. The van der Waals surface area contributed by atoms with Gasteiger partial charge in [-0.2, -0.15) is 0 Å². The number of pyridine rings is 1. The van der Waals surface area contributed by atoms with Crippen LogP contribution < -0.4 is 11.1 Å². The van der Waals surface area contributed by atoms with Crippen molar-refractivity contribution in [1.29, 1.82) is 0 Å². The third kappa shape index (κ3) is 4.30. The zero-order chi connectivity index (χ0) is 17.8. The molecule has 1 saturated carbocycles. The number of likely N-dealkylation sites (tertiary alicyclic amines) is 1. The molecule has 7 heteroatoms. The Kier molecular flexibility index (Phi) is 5.91. The van der Waals surface area contributed by atoms with Crippen molar-refractivity contribution in [3.05, 3.63) is 23.4 Å². The second kappa shape index (κ2) is 8.15. The summed E-state index contributed by atoms with van der Waals surface area (Å²) in [6.07, 6.45) is 6.15. The molecular formula is C18H25ClN4O2. The molecule has 2 aliphatic rings. The molecule has 1 aliphatic carbocycles. The number of halogens is 1. The number of piperidine rings is 1. The SMILES string of the molecule is NC[C@H]1CCC[C@H]1C(=O)N1CCCC(C(=O)Nc2ccc(Cl)cn2)C1. The van der Waals surface area contributed by atoms with Gasteiger partial charge in [-0.25, -0.2) is 4.98 Å². The van der Waals surface area contributed by atoms with Crippen LogP contribution in [0, 0.1) is 17.8 Å². The fraction of sp³-hybridized carbons (Fsp3) is 0.611. The van der Waals surface area contributed by atoms with Gasteiger partial charge in [-0.15, -0.1) is 0 Å². The minimum absolute atomic E-state index is 0.0322. The van der Waals surface area contributed by atoms with Crippen molar-refractivity contribution in [2.45, 2.75) is 32.1 Å². The summed E-state index contributed by atoms with van der Waals surface area (Å²) in [6.45, 7) is 1.78. The Morgan fingerprint density at radius 3 is 2.84 bits per heavy atom. The molecule has 0 aromatic carbocycles. The van der Waals surface area contributed by atoms with Crippen LogP contribution >= 0.6 is 11.6 Å². The van der Waals surface area contributed by atoms with Crippen molar-refractivity contribution < 1.29 is 9.59 Å². The van der Waals surface area contributed by atoms with Crippen LogP contribution in [-0.2, 0) is 9.59 Å². The number of aromatic nitrogens is 1. The van der Waals surface area contributed by atoms with Gasteiger partial charge in [0.25, 0.3) is 0 Å². The molecule has 136 valence electrons. The molecule has 1 unspecified atom stereocenters. The number of rotatable bonds is 4. The molecule has 1 aliphatic heterocycles. The number of anilines is 1. The first kappa shape index (κ1) is 18.1. The summed E-state index contributed by atoms with van der Waals surface area (Å²) in [5.41, 5.74) is 5.81.